The highest BCUT2D eigenvalue weighted by molar-refractivity contribution is 5.97. The van der Waals surface area contributed by atoms with Crippen LogP contribution in [0, 0.1) is 0 Å². The molecule has 0 saturated heterocycles. The summed E-state index contributed by atoms with van der Waals surface area (Å²) < 4.78 is 9.56. The summed E-state index contributed by atoms with van der Waals surface area (Å²) in [4.78, 5) is 28.1. The van der Waals surface area contributed by atoms with Crippen LogP contribution in [0.2, 0.25) is 0 Å². The third kappa shape index (κ3) is 8.74. The Bertz CT molecular complexity index is 534. The molecule has 0 atom stereocenters. The maximum Gasteiger partial charge on any atom is 0.407 e. The molecule has 1 aromatic rings. The van der Waals surface area contributed by atoms with E-state index in [1.165, 1.54) is 7.11 Å². The SMILES string of the molecule is COCCOC(=O)NCCON=C(C)CNC(=O)c1ccccc1. The number of amides is 2. The van der Waals surface area contributed by atoms with Gasteiger partial charge in [0.1, 0.15) is 13.2 Å². The minimum absolute atomic E-state index is 0.175. The number of benzene rings is 1. The molecular formula is C16H23N3O5. The highest BCUT2D eigenvalue weighted by Gasteiger charge is 2.04. The molecule has 1 rings (SSSR count). The Morgan fingerprint density at radius 1 is 1.08 bits per heavy atom. The first-order valence-electron chi connectivity index (χ1n) is 7.51. The van der Waals surface area contributed by atoms with Gasteiger partial charge in [0.05, 0.1) is 25.4 Å². The van der Waals surface area contributed by atoms with Gasteiger partial charge in [0.15, 0.2) is 0 Å². The summed E-state index contributed by atoms with van der Waals surface area (Å²) in [5.41, 5.74) is 1.20. The topological polar surface area (TPSA) is 98.2 Å². The second-order valence-electron chi connectivity index (χ2n) is 4.76. The van der Waals surface area contributed by atoms with Crippen LogP contribution in [0.3, 0.4) is 0 Å². The van der Waals surface area contributed by atoms with E-state index in [-0.39, 0.29) is 32.2 Å². The van der Waals surface area contributed by atoms with Gasteiger partial charge in [-0.2, -0.15) is 0 Å². The van der Waals surface area contributed by atoms with Gasteiger partial charge in [-0.25, -0.2) is 4.79 Å². The maximum atomic E-state index is 11.8. The molecule has 0 aliphatic carbocycles. The van der Waals surface area contributed by atoms with E-state index in [2.05, 4.69) is 15.8 Å². The Balaban J connectivity index is 2.12. The van der Waals surface area contributed by atoms with E-state index in [0.29, 0.717) is 17.9 Å². The van der Waals surface area contributed by atoms with Crippen LogP contribution in [-0.4, -0.2) is 57.7 Å². The molecule has 2 N–H and O–H groups in total. The Hall–Kier alpha value is -2.61. The molecule has 0 heterocycles. The molecular weight excluding hydrogens is 314 g/mol. The first kappa shape index (κ1) is 19.4. The maximum absolute atomic E-state index is 11.8. The zero-order valence-corrected chi connectivity index (χ0v) is 13.9. The van der Waals surface area contributed by atoms with Gasteiger partial charge in [0.2, 0.25) is 0 Å². The van der Waals surface area contributed by atoms with Crippen LogP contribution >= 0.6 is 0 Å². The predicted octanol–water partition coefficient (Wildman–Crippen LogP) is 1.18. The third-order valence-electron chi connectivity index (χ3n) is 2.74. The predicted molar refractivity (Wildman–Crippen MR) is 89.1 cm³/mol. The summed E-state index contributed by atoms with van der Waals surface area (Å²) >= 11 is 0. The number of rotatable bonds is 10. The fraction of sp³-hybridized carbons (Fsp3) is 0.438. The van der Waals surface area contributed by atoms with Crippen molar-refractivity contribution in [2.75, 3.05) is 40.0 Å². The molecule has 0 saturated carbocycles. The van der Waals surface area contributed by atoms with E-state index < -0.39 is 6.09 Å². The van der Waals surface area contributed by atoms with Crippen LogP contribution in [0.4, 0.5) is 4.79 Å². The van der Waals surface area contributed by atoms with Gasteiger partial charge >= 0.3 is 6.09 Å². The molecule has 132 valence electrons. The average Bonchev–Trinajstić information content (AvgIpc) is 2.60. The number of carbonyl (C=O) groups excluding carboxylic acids is 2. The van der Waals surface area contributed by atoms with E-state index in [0.717, 1.165) is 0 Å². The smallest absolute Gasteiger partial charge is 0.407 e. The third-order valence-corrected chi connectivity index (χ3v) is 2.74. The zero-order valence-electron chi connectivity index (χ0n) is 13.9. The highest BCUT2D eigenvalue weighted by atomic mass is 16.6. The number of ether oxygens (including phenoxy) is 2. The second kappa shape index (κ2) is 11.9. The fourth-order valence-corrected chi connectivity index (χ4v) is 1.56. The number of hydrogen-bond acceptors (Lipinski definition) is 6. The first-order chi connectivity index (χ1) is 11.6. The second-order valence-corrected chi connectivity index (χ2v) is 4.76. The van der Waals surface area contributed by atoms with Crippen LogP contribution < -0.4 is 10.6 Å². The van der Waals surface area contributed by atoms with E-state index >= 15 is 0 Å². The molecule has 0 radical (unpaired) electrons. The van der Waals surface area contributed by atoms with Gasteiger partial charge in [0.25, 0.3) is 5.91 Å². The lowest BCUT2D eigenvalue weighted by atomic mass is 10.2. The van der Waals surface area contributed by atoms with Crippen molar-refractivity contribution in [3.8, 4) is 0 Å². The molecule has 0 aromatic heterocycles. The van der Waals surface area contributed by atoms with Crippen molar-refractivity contribution in [3.05, 3.63) is 35.9 Å². The van der Waals surface area contributed by atoms with Crippen LogP contribution in [0.5, 0.6) is 0 Å². The number of hydrogen-bond donors (Lipinski definition) is 2. The molecule has 0 aliphatic rings. The van der Waals surface area contributed by atoms with Gasteiger partial charge < -0.3 is 24.9 Å². The minimum Gasteiger partial charge on any atom is -0.447 e. The number of carbonyl (C=O) groups is 2. The van der Waals surface area contributed by atoms with Crippen molar-refractivity contribution in [3.63, 3.8) is 0 Å². The lowest BCUT2D eigenvalue weighted by Gasteiger charge is -2.07. The molecule has 8 nitrogen and oxygen atoms in total. The number of nitrogens with zero attached hydrogens (tertiary/aromatic N) is 1. The highest BCUT2D eigenvalue weighted by Crippen LogP contribution is 1.97. The van der Waals surface area contributed by atoms with E-state index in [1.54, 1.807) is 31.2 Å². The van der Waals surface area contributed by atoms with Crippen molar-refractivity contribution in [1.82, 2.24) is 10.6 Å². The summed E-state index contributed by atoms with van der Waals surface area (Å²) in [6, 6.07) is 8.91. The van der Waals surface area contributed by atoms with E-state index in [4.69, 9.17) is 14.3 Å². The number of methoxy groups -OCH3 is 1. The average molecular weight is 337 g/mol. The van der Waals surface area contributed by atoms with Gasteiger partial charge in [-0.05, 0) is 19.1 Å². The van der Waals surface area contributed by atoms with Gasteiger partial charge in [-0.3, -0.25) is 4.79 Å². The molecule has 2 amide bonds. The summed E-state index contributed by atoms with van der Waals surface area (Å²) in [6.07, 6.45) is -0.536. The quantitative estimate of drug-likeness (QED) is 0.379. The zero-order chi connectivity index (χ0) is 17.6. The monoisotopic (exact) mass is 337 g/mol. The number of nitrogens with one attached hydrogen (secondary N) is 2. The van der Waals surface area contributed by atoms with Crippen molar-refractivity contribution < 1.29 is 23.9 Å². The number of oxime groups is 1. The van der Waals surface area contributed by atoms with Crippen LogP contribution in [0.25, 0.3) is 0 Å². The normalized spacial score (nSPS) is 10.8. The van der Waals surface area contributed by atoms with Crippen molar-refractivity contribution in [1.29, 1.82) is 0 Å². The summed E-state index contributed by atoms with van der Waals surface area (Å²) in [6.45, 7) is 3.02. The molecule has 0 unspecified atom stereocenters. The Morgan fingerprint density at radius 2 is 1.83 bits per heavy atom. The molecule has 0 spiro atoms. The van der Waals surface area contributed by atoms with E-state index in [9.17, 15) is 9.59 Å². The minimum atomic E-state index is -0.536. The lowest BCUT2D eigenvalue weighted by molar-refractivity contribution is 0.0936. The summed E-state index contributed by atoms with van der Waals surface area (Å²) in [5, 5.41) is 9.09. The first-order valence-corrected chi connectivity index (χ1v) is 7.51. The molecule has 24 heavy (non-hydrogen) atoms. The van der Waals surface area contributed by atoms with Gasteiger partial charge in [0, 0.05) is 12.7 Å². The van der Waals surface area contributed by atoms with Crippen LogP contribution in [0.1, 0.15) is 17.3 Å². The van der Waals surface area contributed by atoms with Crippen molar-refractivity contribution in [2.24, 2.45) is 5.16 Å². The Kier molecular flexibility index (Phi) is 9.63. The van der Waals surface area contributed by atoms with Crippen LogP contribution in [0.15, 0.2) is 35.5 Å². The van der Waals surface area contributed by atoms with Crippen LogP contribution in [-0.2, 0) is 14.3 Å². The van der Waals surface area contributed by atoms with Crippen molar-refractivity contribution in [2.45, 2.75) is 6.92 Å². The molecule has 0 bridgehead atoms. The Labute approximate surface area is 141 Å². The summed E-state index contributed by atoms with van der Waals surface area (Å²) in [7, 11) is 1.53. The van der Waals surface area contributed by atoms with Crippen molar-refractivity contribution >= 4 is 17.7 Å². The summed E-state index contributed by atoms with van der Waals surface area (Å²) in [5.74, 6) is -0.175. The standard InChI is InChI=1S/C16H23N3O5/c1-13(12-18-15(20)14-6-4-3-5-7-14)19-24-9-8-17-16(21)23-11-10-22-2/h3-7H,8-12H2,1-2H3,(H,17,21)(H,18,20). The largest absolute Gasteiger partial charge is 0.447 e. The molecule has 8 heteroatoms. The molecule has 0 aliphatic heterocycles. The number of alkyl carbamates (subject to hydrolysis) is 1. The Morgan fingerprint density at radius 3 is 2.54 bits per heavy atom. The lowest BCUT2D eigenvalue weighted by Crippen LogP contribution is -2.29. The fourth-order valence-electron chi connectivity index (χ4n) is 1.56. The molecule has 1 aromatic carbocycles. The van der Waals surface area contributed by atoms with Gasteiger partial charge in [-0.15, -0.1) is 0 Å². The molecule has 0 fully saturated rings. The van der Waals surface area contributed by atoms with Gasteiger partial charge in [-0.1, -0.05) is 23.4 Å². The van der Waals surface area contributed by atoms with E-state index in [1.807, 2.05) is 6.07 Å².